The Morgan fingerprint density at radius 2 is 1.73 bits per heavy atom. The van der Waals surface area contributed by atoms with E-state index in [4.69, 9.17) is 23.2 Å². The van der Waals surface area contributed by atoms with Crippen LogP contribution in [0.2, 0.25) is 10.0 Å². The van der Waals surface area contributed by atoms with Gasteiger partial charge in [-0.05, 0) is 30.3 Å². The van der Waals surface area contributed by atoms with Crippen molar-refractivity contribution in [2.75, 3.05) is 0 Å². The fourth-order valence-corrected chi connectivity index (χ4v) is 3.42. The van der Waals surface area contributed by atoms with Crippen LogP contribution in [0, 0.1) is 0 Å². The van der Waals surface area contributed by atoms with Crippen LogP contribution in [0.25, 0.3) is 10.6 Å². The van der Waals surface area contributed by atoms with Crippen LogP contribution >= 0.6 is 34.5 Å². The van der Waals surface area contributed by atoms with E-state index < -0.39 is 5.91 Å². The van der Waals surface area contributed by atoms with E-state index in [9.17, 15) is 9.59 Å². The van der Waals surface area contributed by atoms with Gasteiger partial charge in [0.05, 0.1) is 17.1 Å². The summed E-state index contributed by atoms with van der Waals surface area (Å²) >= 11 is 13.3. The number of hydrogen-bond acceptors (Lipinski definition) is 4. The summed E-state index contributed by atoms with van der Waals surface area (Å²) < 4.78 is 0. The topological polar surface area (TPSA) is 71.1 Å². The molecule has 8 heteroatoms. The smallest absolute Gasteiger partial charge is 0.269 e. The third-order valence-electron chi connectivity index (χ3n) is 3.42. The molecule has 0 aliphatic rings. The lowest BCUT2D eigenvalue weighted by atomic mass is 10.2. The minimum absolute atomic E-state index is 0.0435. The van der Waals surface area contributed by atoms with Crippen molar-refractivity contribution < 1.29 is 9.59 Å². The molecule has 1 aromatic heterocycles. The van der Waals surface area contributed by atoms with Gasteiger partial charge in [0.15, 0.2) is 0 Å². The lowest BCUT2D eigenvalue weighted by molar-refractivity contribution is -0.121. The maximum atomic E-state index is 12.0. The van der Waals surface area contributed by atoms with Gasteiger partial charge in [-0.2, -0.15) is 0 Å². The highest BCUT2D eigenvalue weighted by Crippen LogP contribution is 2.30. The van der Waals surface area contributed by atoms with Crippen LogP contribution in [0.5, 0.6) is 0 Å². The van der Waals surface area contributed by atoms with E-state index in [0.29, 0.717) is 21.3 Å². The zero-order chi connectivity index (χ0) is 18.5. The molecule has 1 heterocycles. The second-order valence-electron chi connectivity index (χ2n) is 5.31. The summed E-state index contributed by atoms with van der Waals surface area (Å²) in [7, 11) is 0. The molecular weight excluding hydrogens is 393 g/mol. The molecule has 132 valence electrons. The molecule has 0 aliphatic carbocycles. The number of nitrogens with one attached hydrogen (secondary N) is 2. The largest absolute Gasteiger partial charge is 0.273 e. The number of benzene rings is 2. The first-order valence-electron chi connectivity index (χ1n) is 7.57. The molecule has 0 bridgehead atoms. The Bertz CT molecular complexity index is 942. The number of halogens is 2. The van der Waals surface area contributed by atoms with Gasteiger partial charge in [0.1, 0.15) is 5.01 Å². The van der Waals surface area contributed by atoms with Crippen LogP contribution < -0.4 is 10.9 Å². The van der Waals surface area contributed by atoms with E-state index in [1.165, 1.54) is 11.3 Å². The van der Waals surface area contributed by atoms with Gasteiger partial charge in [0.2, 0.25) is 5.91 Å². The number of aromatic nitrogens is 1. The number of thiazole rings is 1. The average molecular weight is 406 g/mol. The number of rotatable bonds is 4. The number of carbonyl (C=O) groups is 2. The molecule has 2 N–H and O–H groups in total. The fourth-order valence-electron chi connectivity index (χ4n) is 2.16. The minimum Gasteiger partial charge on any atom is -0.273 e. The predicted octanol–water partition coefficient (Wildman–Crippen LogP) is 4.12. The number of nitrogens with zero attached hydrogens (tertiary/aromatic N) is 1. The summed E-state index contributed by atoms with van der Waals surface area (Å²) in [6.07, 6.45) is 0.0435. The molecule has 3 aromatic rings. The van der Waals surface area contributed by atoms with E-state index in [2.05, 4.69) is 15.8 Å². The number of amides is 2. The Morgan fingerprint density at radius 1 is 1.00 bits per heavy atom. The third kappa shape index (κ3) is 4.60. The summed E-state index contributed by atoms with van der Waals surface area (Å²) in [4.78, 5) is 28.4. The summed E-state index contributed by atoms with van der Waals surface area (Å²) in [5, 5.41) is 3.67. The number of carbonyl (C=O) groups excluding carboxylic acids is 2. The maximum absolute atomic E-state index is 12.0. The first-order valence-corrected chi connectivity index (χ1v) is 9.20. The highest BCUT2D eigenvalue weighted by atomic mass is 35.5. The molecule has 3 rings (SSSR count). The van der Waals surface area contributed by atoms with E-state index in [0.717, 1.165) is 10.6 Å². The van der Waals surface area contributed by atoms with E-state index in [1.807, 2.05) is 18.2 Å². The van der Waals surface area contributed by atoms with Crippen LogP contribution in [0.1, 0.15) is 16.1 Å². The quantitative estimate of drug-likeness (QED) is 0.641. The molecular formula is C18H13Cl2N3O2S. The van der Waals surface area contributed by atoms with Gasteiger partial charge in [-0.3, -0.25) is 20.4 Å². The van der Waals surface area contributed by atoms with Crippen molar-refractivity contribution in [1.29, 1.82) is 0 Å². The van der Waals surface area contributed by atoms with E-state index in [1.54, 1.807) is 35.7 Å². The molecule has 0 saturated heterocycles. The van der Waals surface area contributed by atoms with Gasteiger partial charge >= 0.3 is 0 Å². The standard InChI is InChI=1S/C18H13Cl2N3O2S/c19-12-7-5-11(6-8-12)17(25)23-22-16(24)9-13-10-26-18(21-13)14-3-1-2-4-15(14)20/h1-8,10H,9H2,(H,22,24)(H,23,25). The van der Waals surface area contributed by atoms with Crippen molar-refractivity contribution in [3.8, 4) is 10.6 Å². The van der Waals surface area contributed by atoms with Gasteiger partial charge < -0.3 is 0 Å². The molecule has 0 fully saturated rings. The van der Waals surface area contributed by atoms with Crippen molar-refractivity contribution in [3.63, 3.8) is 0 Å². The Morgan fingerprint density at radius 3 is 2.46 bits per heavy atom. The van der Waals surface area contributed by atoms with Crippen LogP contribution in [-0.2, 0) is 11.2 Å². The SMILES string of the molecule is O=C(Cc1csc(-c2ccccc2Cl)n1)NNC(=O)c1ccc(Cl)cc1. The lowest BCUT2D eigenvalue weighted by Crippen LogP contribution is -2.42. The number of hydrogen-bond donors (Lipinski definition) is 2. The molecule has 26 heavy (non-hydrogen) atoms. The van der Waals surface area contributed by atoms with Crippen LogP contribution in [0.4, 0.5) is 0 Å². The summed E-state index contributed by atoms with van der Waals surface area (Å²) in [5.41, 5.74) is 6.54. The second-order valence-corrected chi connectivity index (χ2v) is 7.01. The van der Waals surface area contributed by atoms with Gasteiger partial charge in [0.25, 0.3) is 5.91 Å². The van der Waals surface area contributed by atoms with Gasteiger partial charge in [-0.15, -0.1) is 11.3 Å². The van der Waals surface area contributed by atoms with Gasteiger partial charge in [0, 0.05) is 21.5 Å². The lowest BCUT2D eigenvalue weighted by Gasteiger charge is -2.06. The molecule has 2 aromatic carbocycles. The zero-order valence-electron chi connectivity index (χ0n) is 13.3. The maximum Gasteiger partial charge on any atom is 0.269 e. The van der Waals surface area contributed by atoms with Crippen LogP contribution in [0.15, 0.2) is 53.9 Å². The van der Waals surface area contributed by atoms with Gasteiger partial charge in [-0.1, -0.05) is 41.4 Å². The first-order chi connectivity index (χ1) is 12.5. The van der Waals surface area contributed by atoms with Crippen molar-refractivity contribution in [3.05, 3.63) is 75.2 Å². The molecule has 0 aliphatic heterocycles. The summed E-state index contributed by atoms with van der Waals surface area (Å²) in [5.74, 6) is -0.798. The summed E-state index contributed by atoms with van der Waals surface area (Å²) in [6.45, 7) is 0. The monoisotopic (exact) mass is 405 g/mol. The van der Waals surface area contributed by atoms with Crippen molar-refractivity contribution >= 4 is 46.4 Å². The zero-order valence-corrected chi connectivity index (χ0v) is 15.7. The Balaban J connectivity index is 1.56. The predicted molar refractivity (Wildman–Crippen MR) is 103 cm³/mol. The molecule has 0 saturated carbocycles. The number of hydrazine groups is 1. The second kappa shape index (κ2) is 8.31. The highest BCUT2D eigenvalue weighted by molar-refractivity contribution is 7.13. The normalized spacial score (nSPS) is 10.4. The molecule has 0 radical (unpaired) electrons. The van der Waals surface area contributed by atoms with Gasteiger partial charge in [-0.25, -0.2) is 4.98 Å². The Kier molecular flexibility index (Phi) is 5.88. The van der Waals surface area contributed by atoms with Crippen molar-refractivity contribution in [1.82, 2.24) is 15.8 Å². The summed E-state index contributed by atoms with van der Waals surface area (Å²) in [6, 6.07) is 13.7. The molecule has 5 nitrogen and oxygen atoms in total. The molecule has 2 amide bonds. The first kappa shape index (κ1) is 18.4. The van der Waals surface area contributed by atoms with Crippen molar-refractivity contribution in [2.24, 2.45) is 0 Å². The molecule has 0 unspecified atom stereocenters. The van der Waals surface area contributed by atoms with E-state index >= 15 is 0 Å². The molecule has 0 atom stereocenters. The minimum atomic E-state index is -0.426. The average Bonchev–Trinajstić information content (AvgIpc) is 3.09. The van der Waals surface area contributed by atoms with E-state index in [-0.39, 0.29) is 12.3 Å². The van der Waals surface area contributed by atoms with Crippen LogP contribution in [0.3, 0.4) is 0 Å². The van der Waals surface area contributed by atoms with Crippen molar-refractivity contribution in [2.45, 2.75) is 6.42 Å². The Hall–Kier alpha value is -2.41. The fraction of sp³-hybridized carbons (Fsp3) is 0.0556. The highest BCUT2D eigenvalue weighted by Gasteiger charge is 2.12. The third-order valence-corrected chi connectivity index (χ3v) is 4.93. The van der Waals surface area contributed by atoms with Crippen LogP contribution in [-0.4, -0.2) is 16.8 Å². The Labute approximate surface area is 163 Å². The molecule has 0 spiro atoms.